The van der Waals surface area contributed by atoms with Crippen LogP contribution in [0.2, 0.25) is 0 Å². The molecule has 2 rings (SSSR count). The maximum atomic E-state index is 12.2. The summed E-state index contributed by atoms with van der Waals surface area (Å²) in [5, 5.41) is 3.09. The largest absolute Gasteiger partial charge is 0.496 e. The van der Waals surface area contributed by atoms with Crippen molar-refractivity contribution in [3.05, 3.63) is 40.4 Å². The third-order valence-electron chi connectivity index (χ3n) is 2.69. The Bertz CT molecular complexity index is 664. The molecule has 0 atom stereocenters. The third kappa shape index (κ3) is 2.85. The fourth-order valence-electron chi connectivity index (χ4n) is 1.77. The normalized spacial score (nSPS) is 10.2. The summed E-state index contributed by atoms with van der Waals surface area (Å²) in [6.07, 6.45) is 0. The maximum Gasteiger partial charge on any atom is 0.261 e. The zero-order valence-corrected chi connectivity index (χ0v) is 12.2. The molecule has 104 valence electrons. The molecule has 0 radical (unpaired) electrons. The SMILES string of the molecule is COc1ccccc1C(=O)Nc1nc(C)c(C(C)=O)s1. The van der Waals surface area contributed by atoms with Crippen LogP contribution in [0.5, 0.6) is 5.75 Å². The highest BCUT2D eigenvalue weighted by atomic mass is 32.1. The molecule has 0 spiro atoms. The van der Waals surface area contributed by atoms with Crippen molar-refractivity contribution in [3.8, 4) is 5.75 Å². The van der Waals surface area contributed by atoms with E-state index in [0.717, 1.165) is 0 Å². The lowest BCUT2D eigenvalue weighted by Crippen LogP contribution is -2.12. The quantitative estimate of drug-likeness (QED) is 0.879. The standard InChI is InChI=1S/C14H14N2O3S/c1-8-12(9(2)17)20-14(15-8)16-13(18)10-6-4-5-7-11(10)19-3/h4-7H,1-3H3,(H,15,16,18). The number of benzene rings is 1. The fourth-order valence-corrected chi connectivity index (χ4v) is 2.63. The molecule has 0 saturated carbocycles. The second kappa shape index (κ2) is 5.83. The molecule has 1 N–H and O–H groups in total. The number of methoxy groups -OCH3 is 1. The summed E-state index contributed by atoms with van der Waals surface area (Å²) in [6.45, 7) is 3.22. The molecule has 0 aliphatic carbocycles. The highest BCUT2D eigenvalue weighted by Crippen LogP contribution is 2.25. The van der Waals surface area contributed by atoms with Crippen molar-refractivity contribution in [2.75, 3.05) is 12.4 Å². The molecule has 1 amide bonds. The van der Waals surface area contributed by atoms with Crippen molar-refractivity contribution in [1.29, 1.82) is 0 Å². The zero-order chi connectivity index (χ0) is 14.7. The van der Waals surface area contributed by atoms with Crippen molar-refractivity contribution in [3.63, 3.8) is 0 Å². The number of anilines is 1. The lowest BCUT2D eigenvalue weighted by Gasteiger charge is -2.06. The van der Waals surface area contributed by atoms with Gasteiger partial charge >= 0.3 is 0 Å². The van der Waals surface area contributed by atoms with E-state index < -0.39 is 0 Å². The number of carbonyl (C=O) groups is 2. The predicted octanol–water partition coefficient (Wildman–Crippen LogP) is 2.92. The summed E-state index contributed by atoms with van der Waals surface area (Å²) in [5.41, 5.74) is 1.05. The number of amides is 1. The lowest BCUT2D eigenvalue weighted by molar-refractivity contribution is 0.101. The Balaban J connectivity index is 2.24. The number of thiazole rings is 1. The molecule has 0 aliphatic rings. The highest BCUT2D eigenvalue weighted by molar-refractivity contribution is 7.17. The minimum absolute atomic E-state index is 0.0576. The van der Waals surface area contributed by atoms with E-state index >= 15 is 0 Å². The van der Waals surface area contributed by atoms with E-state index in [-0.39, 0.29) is 11.7 Å². The number of nitrogens with one attached hydrogen (secondary N) is 1. The van der Waals surface area contributed by atoms with Crippen LogP contribution in [0.25, 0.3) is 0 Å². The Morgan fingerprint density at radius 1 is 1.30 bits per heavy atom. The van der Waals surface area contributed by atoms with E-state index in [1.165, 1.54) is 25.4 Å². The van der Waals surface area contributed by atoms with Gasteiger partial charge in [-0.15, -0.1) is 0 Å². The van der Waals surface area contributed by atoms with Gasteiger partial charge in [-0.2, -0.15) is 0 Å². The molecule has 0 aliphatic heterocycles. The molecule has 1 aromatic carbocycles. The molecule has 1 aromatic heterocycles. The number of ether oxygens (including phenoxy) is 1. The molecule has 1 heterocycles. The Labute approximate surface area is 120 Å². The van der Waals surface area contributed by atoms with E-state index in [4.69, 9.17) is 4.74 Å². The van der Waals surface area contributed by atoms with Gasteiger partial charge in [0.15, 0.2) is 10.9 Å². The lowest BCUT2D eigenvalue weighted by atomic mass is 10.2. The average Bonchev–Trinajstić information content (AvgIpc) is 2.79. The topological polar surface area (TPSA) is 68.3 Å². The predicted molar refractivity (Wildman–Crippen MR) is 77.8 cm³/mol. The fraction of sp³-hybridized carbons (Fsp3) is 0.214. The monoisotopic (exact) mass is 290 g/mol. The number of aryl methyl sites for hydroxylation is 1. The van der Waals surface area contributed by atoms with Crippen molar-refractivity contribution in [2.24, 2.45) is 0 Å². The van der Waals surface area contributed by atoms with Crippen molar-refractivity contribution in [2.45, 2.75) is 13.8 Å². The first-order valence-electron chi connectivity index (χ1n) is 5.95. The van der Waals surface area contributed by atoms with Gasteiger partial charge < -0.3 is 4.74 Å². The van der Waals surface area contributed by atoms with Gasteiger partial charge in [-0.05, 0) is 19.1 Å². The number of nitrogens with zero attached hydrogens (tertiary/aromatic N) is 1. The van der Waals surface area contributed by atoms with Gasteiger partial charge in [0.05, 0.1) is 23.2 Å². The number of hydrogen-bond donors (Lipinski definition) is 1. The van der Waals surface area contributed by atoms with Crippen LogP contribution in [0, 0.1) is 6.92 Å². The molecule has 0 saturated heterocycles. The van der Waals surface area contributed by atoms with Crippen LogP contribution in [0.15, 0.2) is 24.3 Å². The van der Waals surface area contributed by atoms with Crippen LogP contribution in [-0.4, -0.2) is 23.8 Å². The molecule has 6 heteroatoms. The Hall–Kier alpha value is -2.21. The first-order chi connectivity index (χ1) is 9.52. The van der Waals surface area contributed by atoms with E-state index in [1.807, 2.05) is 0 Å². The smallest absolute Gasteiger partial charge is 0.261 e. The third-order valence-corrected chi connectivity index (χ3v) is 3.86. The number of hydrogen-bond acceptors (Lipinski definition) is 5. The Morgan fingerprint density at radius 2 is 2.00 bits per heavy atom. The van der Waals surface area contributed by atoms with Gasteiger partial charge in [-0.1, -0.05) is 23.5 Å². The van der Waals surface area contributed by atoms with Gasteiger partial charge in [0.1, 0.15) is 5.75 Å². The molecule has 5 nitrogen and oxygen atoms in total. The molecule has 0 unspecified atom stereocenters. The Kier molecular flexibility index (Phi) is 4.14. The molecular weight excluding hydrogens is 276 g/mol. The molecule has 20 heavy (non-hydrogen) atoms. The summed E-state index contributed by atoms with van der Waals surface area (Å²) < 4.78 is 5.14. The van der Waals surface area contributed by atoms with Crippen LogP contribution < -0.4 is 10.1 Å². The highest BCUT2D eigenvalue weighted by Gasteiger charge is 2.16. The second-order valence-corrected chi connectivity index (χ2v) is 5.14. The summed E-state index contributed by atoms with van der Waals surface area (Å²) in [5.74, 6) is 0.120. The number of para-hydroxylation sites is 1. The van der Waals surface area contributed by atoms with Crippen molar-refractivity contribution in [1.82, 2.24) is 4.98 Å². The summed E-state index contributed by atoms with van der Waals surface area (Å²) >= 11 is 1.17. The molecule has 0 fully saturated rings. The number of ketones is 1. The van der Waals surface area contributed by atoms with Crippen LogP contribution in [0.3, 0.4) is 0 Å². The maximum absolute atomic E-state index is 12.2. The van der Waals surface area contributed by atoms with Crippen LogP contribution >= 0.6 is 11.3 Å². The average molecular weight is 290 g/mol. The van der Waals surface area contributed by atoms with E-state index in [1.54, 1.807) is 31.2 Å². The van der Waals surface area contributed by atoms with Crippen molar-refractivity contribution < 1.29 is 14.3 Å². The van der Waals surface area contributed by atoms with Gasteiger partial charge in [-0.25, -0.2) is 4.98 Å². The first kappa shape index (κ1) is 14.2. The summed E-state index contributed by atoms with van der Waals surface area (Å²) in [7, 11) is 1.51. The summed E-state index contributed by atoms with van der Waals surface area (Å²) in [4.78, 5) is 28.3. The van der Waals surface area contributed by atoms with Gasteiger partial charge in [0, 0.05) is 6.92 Å². The van der Waals surface area contributed by atoms with E-state index in [2.05, 4.69) is 10.3 Å². The molecule has 2 aromatic rings. The minimum atomic E-state index is -0.314. The second-order valence-electron chi connectivity index (χ2n) is 4.14. The molecule has 0 bridgehead atoms. The zero-order valence-electron chi connectivity index (χ0n) is 11.4. The van der Waals surface area contributed by atoms with Crippen molar-refractivity contribution >= 4 is 28.2 Å². The Morgan fingerprint density at radius 3 is 2.60 bits per heavy atom. The van der Waals surface area contributed by atoms with E-state index in [9.17, 15) is 9.59 Å². The van der Waals surface area contributed by atoms with Crippen LogP contribution in [0.4, 0.5) is 5.13 Å². The van der Waals surface area contributed by atoms with Gasteiger partial charge in [0.25, 0.3) is 5.91 Å². The first-order valence-corrected chi connectivity index (χ1v) is 6.77. The number of carbonyl (C=O) groups excluding carboxylic acids is 2. The minimum Gasteiger partial charge on any atom is -0.496 e. The van der Waals surface area contributed by atoms with Gasteiger partial charge in [-0.3, -0.25) is 14.9 Å². The van der Waals surface area contributed by atoms with E-state index in [0.29, 0.717) is 27.0 Å². The number of Topliss-reactive ketones (excluding diaryl/α,β-unsaturated/α-hetero) is 1. The number of rotatable bonds is 4. The van der Waals surface area contributed by atoms with Crippen LogP contribution in [-0.2, 0) is 0 Å². The van der Waals surface area contributed by atoms with Crippen LogP contribution in [0.1, 0.15) is 32.6 Å². The van der Waals surface area contributed by atoms with Gasteiger partial charge in [0.2, 0.25) is 0 Å². The molecular formula is C14H14N2O3S. The number of aromatic nitrogens is 1. The summed E-state index contributed by atoms with van der Waals surface area (Å²) in [6, 6.07) is 6.92.